The Balaban J connectivity index is 1.55. The van der Waals surface area contributed by atoms with Crippen LogP contribution in [0.15, 0.2) is 18.2 Å². The molecule has 1 aliphatic heterocycles. The largest absolute Gasteiger partial charge is 0.491 e. The van der Waals surface area contributed by atoms with Crippen LogP contribution < -0.4 is 26.0 Å². The highest BCUT2D eigenvalue weighted by atomic mass is 19.1. The van der Waals surface area contributed by atoms with Gasteiger partial charge in [0.1, 0.15) is 0 Å². The van der Waals surface area contributed by atoms with Crippen LogP contribution in [0.4, 0.5) is 27.9 Å². The van der Waals surface area contributed by atoms with Crippen molar-refractivity contribution in [3.8, 4) is 5.75 Å². The van der Waals surface area contributed by atoms with Crippen molar-refractivity contribution >= 4 is 23.5 Å². The van der Waals surface area contributed by atoms with E-state index in [0.29, 0.717) is 42.2 Å². The standard InChI is InChI=1S/C25H38FN7O/c1-3-20(21-12-9-15-27-21)30-25-32-23(28-17-10-7-5-6-8-11-17)31-24(33-25)29-18-13-14-22(34-4-2)19(26)16-18/h13-14,16-17,20-21,27H,3-12,15H2,1-2H3,(H3,28,29,30,31,32,33). The number of ether oxygens (including phenoxy) is 1. The first kappa shape index (κ1) is 24.4. The van der Waals surface area contributed by atoms with E-state index in [2.05, 4.69) is 38.2 Å². The number of nitrogens with one attached hydrogen (secondary N) is 4. The lowest BCUT2D eigenvalue weighted by atomic mass is 10.0. The van der Waals surface area contributed by atoms with Crippen LogP contribution >= 0.6 is 0 Å². The summed E-state index contributed by atoms with van der Waals surface area (Å²) in [6.07, 6.45) is 10.5. The Morgan fingerprint density at radius 3 is 2.44 bits per heavy atom. The number of halogens is 1. The zero-order valence-corrected chi connectivity index (χ0v) is 20.4. The highest BCUT2D eigenvalue weighted by molar-refractivity contribution is 5.57. The maximum atomic E-state index is 14.4. The maximum Gasteiger partial charge on any atom is 0.233 e. The van der Waals surface area contributed by atoms with Gasteiger partial charge in [-0.15, -0.1) is 0 Å². The number of rotatable bonds is 10. The van der Waals surface area contributed by atoms with Crippen LogP contribution in [0, 0.1) is 5.82 Å². The fraction of sp³-hybridized carbons (Fsp3) is 0.640. The fourth-order valence-electron chi connectivity index (χ4n) is 4.86. The van der Waals surface area contributed by atoms with Crippen LogP contribution in [0.5, 0.6) is 5.75 Å². The van der Waals surface area contributed by atoms with Gasteiger partial charge >= 0.3 is 0 Å². The van der Waals surface area contributed by atoms with E-state index in [0.717, 1.165) is 32.2 Å². The summed E-state index contributed by atoms with van der Waals surface area (Å²) in [6, 6.07) is 5.76. The third-order valence-corrected chi connectivity index (χ3v) is 6.65. The zero-order chi connectivity index (χ0) is 23.8. The molecule has 1 aromatic heterocycles. The van der Waals surface area contributed by atoms with Gasteiger partial charge in [0, 0.05) is 29.9 Å². The Morgan fingerprint density at radius 2 is 1.76 bits per heavy atom. The van der Waals surface area contributed by atoms with Gasteiger partial charge in [-0.05, 0) is 57.7 Å². The lowest BCUT2D eigenvalue weighted by Crippen LogP contribution is -2.40. The van der Waals surface area contributed by atoms with Crippen molar-refractivity contribution in [3.05, 3.63) is 24.0 Å². The second kappa shape index (κ2) is 12.1. The van der Waals surface area contributed by atoms with Crippen molar-refractivity contribution in [2.45, 2.75) is 89.8 Å². The molecular weight excluding hydrogens is 433 g/mol. The van der Waals surface area contributed by atoms with Crippen LogP contribution in [-0.4, -0.2) is 46.2 Å². The predicted molar refractivity (Wildman–Crippen MR) is 135 cm³/mol. The van der Waals surface area contributed by atoms with Crippen molar-refractivity contribution in [2.75, 3.05) is 29.1 Å². The van der Waals surface area contributed by atoms with Crippen LogP contribution in [0.3, 0.4) is 0 Å². The monoisotopic (exact) mass is 471 g/mol. The maximum absolute atomic E-state index is 14.4. The molecule has 1 aliphatic carbocycles. The first-order valence-corrected chi connectivity index (χ1v) is 12.9. The number of aromatic nitrogens is 3. The van der Waals surface area contributed by atoms with E-state index in [9.17, 15) is 4.39 Å². The summed E-state index contributed by atoms with van der Waals surface area (Å²) in [4.78, 5) is 13.9. The minimum atomic E-state index is -0.422. The van der Waals surface area contributed by atoms with Gasteiger partial charge in [0.2, 0.25) is 17.8 Å². The molecule has 2 aliphatic rings. The molecule has 1 aromatic carbocycles. The Bertz CT molecular complexity index is 914. The summed E-state index contributed by atoms with van der Waals surface area (Å²) in [7, 11) is 0. The quantitative estimate of drug-likeness (QED) is 0.350. The van der Waals surface area contributed by atoms with Gasteiger partial charge in [0.25, 0.3) is 0 Å². The highest BCUT2D eigenvalue weighted by Gasteiger charge is 2.24. The van der Waals surface area contributed by atoms with Gasteiger partial charge in [0.05, 0.1) is 6.61 Å². The Hall–Kier alpha value is -2.68. The number of nitrogens with zero attached hydrogens (tertiary/aromatic N) is 3. The van der Waals surface area contributed by atoms with E-state index in [1.807, 2.05) is 6.92 Å². The third kappa shape index (κ3) is 6.68. The molecule has 0 bridgehead atoms. The van der Waals surface area contributed by atoms with Gasteiger partial charge < -0.3 is 26.0 Å². The Morgan fingerprint density at radius 1 is 1.00 bits per heavy atom. The first-order chi connectivity index (χ1) is 16.6. The third-order valence-electron chi connectivity index (χ3n) is 6.65. The Labute approximate surface area is 201 Å². The van der Waals surface area contributed by atoms with E-state index >= 15 is 0 Å². The van der Waals surface area contributed by atoms with E-state index in [1.54, 1.807) is 12.1 Å². The predicted octanol–water partition coefficient (Wildman–Crippen LogP) is 5.23. The smallest absolute Gasteiger partial charge is 0.233 e. The lowest BCUT2D eigenvalue weighted by Gasteiger charge is -2.24. The SMILES string of the molecule is CCOc1ccc(Nc2nc(NC3CCCCCC3)nc(NC(CC)C3CCCN3)n2)cc1F. The minimum absolute atomic E-state index is 0.228. The summed E-state index contributed by atoms with van der Waals surface area (Å²) in [5.74, 6) is 1.27. The molecule has 2 aromatic rings. The zero-order valence-electron chi connectivity index (χ0n) is 20.4. The summed E-state index contributed by atoms with van der Waals surface area (Å²) in [5, 5.41) is 13.8. The molecule has 1 saturated heterocycles. The number of benzene rings is 1. The number of anilines is 4. The summed E-state index contributed by atoms with van der Waals surface area (Å²) in [5.41, 5.74) is 0.558. The molecule has 0 spiro atoms. The molecule has 2 heterocycles. The van der Waals surface area contributed by atoms with E-state index in [-0.39, 0.29) is 11.8 Å². The van der Waals surface area contributed by atoms with Gasteiger partial charge in [-0.3, -0.25) is 0 Å². The Kier molecular flexibility index (Phi) is 8.73. The molecule has 2 unspecified atom stereocenters. The van der Waals surface area contributed by atoms with Crippen LogP contribution in [0.1, 0.15) is 71.6 Å². The van der Waals surface area contributed by atoms with E-state index in [1.165, 1.54) is 38.2 Å². The van der Waals surface area contributed by atoms with Crippen molar-refractivity contribution in [2.24, 2.45) is 0 Å². The van der Waals surface area contributed by atoms with Crippen LogP contribution in [0.2, 0.25) is 0 Å². The summed E-state index contributed by atoms with van der Waals surface area (Å²) < 4.78 is 19.7. The van der Waals surface area contributed by atoms with E-state index < -0.39 is 5.82 Å². The average Bonchev–Trinajstić information content (AvgIpc) is 3.24. The molecule has 4 rings (SSSR count). The van der Waals surface area contributed by atoms with Crippen molar-refractivity contribution in [1.29, 1.82) is 0 Å². The molecule has 186 valence electrons. The summed E-state index contributed by atoms with van der Waals surface area (Å²) in [6.45, 7) is 5.46. The van der Waals surface area contributed by atoms with Crippen molar-refractivity contribution in [1.82, 2.24) is 20.3 Å². The normalized spacial score (nSPS) is 19.9. The second-order valence-corrected chi connectivity index (χ2v) is 9.20. The molecule has 9 heteroatoms. The molecule has 2 fully saturated rings. The van der Waals surface area contributed by atoms with E-state index in [4.69, 9.17) is 9.72 Å². The van der Waals surface area contributed by atoms with Gasteiger partial charge in [-0.25, -0.2) is 4.39 Å². The molecule has 0 radical (unpaired) electrons. The molecule has 8 nitrogen and oxygen atoms in total. The summed E-state index contributed by atoms with van der Waals surface area (Å²) >= 11 is 0. The highest BCUT2D eigenvalue weighted by Crippen LogP contribution is 2.25. The number of hydrogen-bond acceptors (Lipinski definition) is 8. The minimum Gasteiger partial charge on any atom is -0.491 e. The van der Waals surface area contributed by atoms with Crippen molar-refractivity contribution < 1.29 is 9.13 Å². The fourth-order valence-corrected chi connectivity index (χ4v) is 4.86. The lowest BCUT2D eigenvalue weighted by molar-refractivity contribution is 0.321. The van der Waals surface area contributed by atoms with Crippen LogP contribution in [-0.2, 0) is 0 Å². The molecule has 2 atom stereocenters. The molecule has 1 saturated carbocycles. The van der Waals surface area contributed by atoms with Gasteiger partial charge in [-0.2, -0.15) is 15.0 Å². The average molecular weight is 472 g/mol. The van der Waals surface area contributed by atoms with Crippen molar-refractivity contribution in [3.63, 3.8) is 0 Å². The molecule has 34 heavy (non-hydrogen) atoms. The second-order valence-electron chi connectivity index (χ2n) is 9.20. The van der Waals surface area contributed by atoms with Gasteiger partial charge in [-0.1, -0.05) is 32.6 Å². The topological polar surface area (TPSA) is 96.0 Å². The van der Waals surface area contributed by atoms with Crippen LogP contribution in [0.25, 0.3) is 0 Å². The first-order valence-electron chi connectivity index (χ1n) is 12.9. The van der Waals surface area contributed by atoms with Gasteiger partial charge in [0.15, 0.2) is 11.6 Å². The number of hydrogen-bond donors (Lipinski definition) is 4. The molecule has 4 N–H and O–H groups in total. The molecular formula is C25H38FN7O. The molecule has 0 amide bonds.